The molecule has 1 fully saturated rings. The number of carbonyl (C=O) groups is 2. The molecule has 0 atom stereocenters. The Bertz CT molecular complexity index is 527. The molecule has 2 amide bonds. The van der Waals surface area contributed by atoms with Crippen LogP contribution in [-0.2, 0) is 11.3 Å². The molecule has 0 aliphatic heterocycles. The van der Waals surface area contributed by atoms with Gasteiger partial charge in [0, 0.05) is 11.6 Å². The number of halogens is 1. The molecule has 0 radical (unpaired) electrons. The normalized spacial score (nSPS) is 16.4. The van der Waals surface area contributed by atoms with Gasteiger partial charge >= 0.3 is 12.0 Å². The van der Waals surface area contributed by atoms with Gasteiger partial charge < -0.3 is 15.7 Å². The van der Waals surface area contributed by atoms with E-state index in [0.29, 0.717) is 24.4 Å². The van der Waals surface area contributed by atoms with E-state index in [9.17, 15) is 9.59 Å². The number of amides is 2. The molecule has 6 heteroatoms. The van der Waals surface area contributed by atoms with Gasteiger partial charge in [0.2, 0.25) is 0 Å². The monoisotopic (exact) mass is 310 g/mol. The fraction of sp³-hybridized carbons (Fsp3) is 0.467. The fourth-order valence-electron chi connectivity index (χ4n) is 2.80. The molecule has 1 saturated carbocycles. The van der Waals surface area contributed by atoms with Gasteiger partial charge in [-0.1, -0.05) is 36.6 Å². The summed E-state index contributed by atoms with van der Waals surface area (Å²) in [5, 5.41) is 15.2. The average Bonchev–Trinajstić information content (AvgIpc) is 2.83. The highest BCUT2D eigenvalue weighted by atomic mass is 35.5. The Morgan fingerprint density at radius 1 is 1.29 bits per heavy atom. The van der Waals surface area contributed by atoms with Crippen molar-refractivity contribution in [3.63, 3.8) is 0 Å². The lowest BCUT2D eigenvalue weighted by Crippen LogP contribution is -2.51. The zero-order valence-corrected chi connectivity index (χ0v) is 12.4. The third kappa shape index (κ3) is 4.63. The van der Waals surface area contributed by atoms with Crippen LogP contribution in [-0.4, -0.2) is 22.6 Å². The van der Waals surface area contributed by atoms with Gasteiger partial charge in [-0.25, -0.2) is 4.79 Å². The zero-order valence-electron chi connectivity index (χ0n) is 11.7. The molecule has 1 aliphatic carbocycles. The number of urea groups is 1. The molecule has 114 valence electrons. The van der Waals surface area contributed by atoms with Crippen molar-refractivity contribution in [3.05, 3.63) is 34.9 Å². The zero-order chi connectivity index (χ0) is 15.3. The van der Waals surface area contributed by atoms with Crippen LogP contribution in [0.5, 0.6) is 0 Å². The van der Waals surface area contributed by atoms with Crippen molar-refractivity contribution in [2.75, 3.05) is 0 Å². The van der Waals surface area contributed by atoms with Crippen LogP contribution in [0.3, 0.4) is 0 Å². The topological polar surface area (TPSA) is 78.4 Å². The lowest BCUT2D eigenvalue weighted by atomic mass is 9.93. The number of nitrogens with one attached hydrogen (secondary N) is 2. The molecule has 3 N–H and O–H groups in total. The average molecular weight is 311 g/mol. The van der Waals surface area contributed by atoms with Crippen LogP contribution >= 0.6 is 11.6 Å². The standard InChI is InChI=1S/C15H19ClN2O3/c16-12-5-3-4-11(8-12)10-17-14(21)18-15(9-13(19)20)6-1-2-7-15/h3-5,8H,1-2,6-7,9-10H2,(H,19,20)(H2,17,18,21). The van der Waals surface area contributed by atoms with Crippen LogP contribution in [0.4, 0.5) is 4.79 Å². The highest BCUT2D eigenvalue weighted by molar-refractivity contribution is 6.30. The number of hydrogen-bond acceptors (Lipinski definition) is 2. The Balaban J connectivity index is 1.89. The first kappa shape index (κ1) is 15.6. The van der Waals surface area contributed by atoms with E-state index in [2.05, 4.69) is 10.6 Å². The van der Waals surface area contributed by atoms with Crippen LogP contribution in [0.1, 0.15) is 37.7 Å². The summed E-state index contributed by atoms with van der Waals surface area (Å²) in [6.45, 7) is 0.357. The number of carbonyl (C=O) groups excluding carboxylic acids is 1. The Hall–Kier alpha value is -1.75. The van der Waals surface area contributed by atoms with Gasteiger partial charge in [0.05, 0.1) is 12.0 Å². The van der Waals surface area contributed by atoms with E-state index in [1.54, 1.807) is 12.1 Å². The first-order valence-corrected chi connectivity index (χ1v) is 7.39. The summed E-state index contributed by atoms with van der Waals surface area (Å²) in [6, 6.07) is 6.91. The maximum Gasteiger partial charge on any atom is 0.315 e. The van der Waals surface area contributed by atoms with Crippen LogP contribution in [0, 0.1) is 0 Å². The quantitative estimate of drug-likeness (QED) is 0.782. The molecule has 0 saturated heterocycles. The van der Waals surface area contributed by atoms with Crippen molar-refractivity contribution in [1.29, 1.82) is 0 Å². The summed E-state index contributed by atoms with van der Waals surface area (Å²) < 4.78 is 0. The molecule has 0 bridgehead atoms. The first-order chi connectivity index (χ1) is 9.99. The van der Waals surface area contributed by atoms with Gasteiger partial charge in [-0.3, -0.25) is 4.79 Å². The first-order valence-electron chi connectivity index (χ1n) is 7.01. The largest absolute Gasteiger partial charge is 0.481 e. The number of carboxylic acid groups (broad SMARTS) is 1. The molecule has 5 nitrogen and oxygen atoms in total. The lowest BCUT2D eigenvalue weighted by Gasteiger charge is -2.28. The Morgan fingerprint density at radius 3 is 2.62 bits per heavy atom. The smallest absolute Gasteiger partial charge is 0.315 e. The molecular formula is C15H19ClN2O3. The van der Waals surface area contributed by atoms with Crippen LogP contribution in [0.2, 0.25) is 5.02 Å². The third-order valence-electron chi connectivity index (χ3n) is 3.77. The molecule has 1 aromatic carbocycles. The van der Waals surface area contributed by atoms with Crippen LogP contribution in [0.25, 0.3) is 0 Å². The minimum absolute atomic E-state index is 0.0302. The SMILES string of the molecule is O=C(O)CC1(NC(=O)NCc2cccc(Cl)c2)CCCC1. The molecule has 0 unspecified atom stereocenters. The second-order valence-corrected chi connectivity index (χ2v) is 5.93. The Morgan fingerprint density at radius 2 is 2.00 bits per heavy atom. The number of aliphatic carboxylic acids is 1. The van der Waals surface area contributed by atoms with Crippen molar-refractivity contribution in [2.45, 2.75) is 44.2 Å². The van der Waals surface area contributed by atoms with Gasteiger partial charge in [0.25, 0.3) is 0 Å². The second-order valence-electron chi connectivity index (χ2n) is 5.50. The molecule has 1 aliphatic rings. The van der Waals surface area contributed by atoms with Crippen molar-refractivity contribution >= 4 is 23.6 Å². The maximum absolute atomic E-state index is 12.0. The van der Waals surface area contributed by atoms with E-state index in [0.717, 1.165) is 18.4 Å². The molecule has 0 heterocycles. The van der Waals surface area contributed by atoms with E-state index >= 15 is 0 Å². The van der Waals surface area contributed by atoms with E-state index in [4.69, 9.17) is 16.7 Å². The summed E-state index contributed by atoms with van der Waals surface area (Å²) in [5.41, 5.74) is 0.293. The van der Waals surface area contributed by atoms with Gasteiger partial charge in [-0.05, 0) is 30.5 Å². The minimum Gasteiger partial charge on any atom is -0.481 e. The lowest BCUT2D eigenvalue weighted by molar-refractivity contribution is -0.138. The van der Waals surface area contributed by atoms with Gasteiger partial charge in [0.1, 0.15) is 0 Å². The van der Waals surface area contributed by atoms with Gasteiger partial charge in [0.15, 0.2) is 0 Å². The summed E-state index contributed by atoms with van der Waals surface area (Å²) in [4.78, 5) is 23.0. The van der Waals surface area contributed by atoms with Crippen molar-refractivity contribution in [2.24, 2.45) is 0 Å². The molecule has 21 heavy (non-hydrogen) atoms. The third-order valence-corrected chi connectivity index (χ3v) is 4.01. The Kier molecular flexibility index (Phi) is 5.07. The summed E-state index contributed by atoms with van der Waals surface area (Å²) >= 11 is 5.88. The highest BCUT2D eigenvalue weighted by Crippen LogP contribution is 2.32. The number of benzene rings is 1. The molecule has 0 aromatic heterocycles. The second kappa shape index (κ2) is 6.80. The summed E-state index contributed by atoms with van der Waals surface area (Å²) in [5.74, 6) is -0.882. The van der Waals surface area contributed by atoms with Gasteiger partial charge in [-0.15, -0.1) is 0 Å². The summed E-state index contributed by atoms with van der Waals surface area (Å²) in [6.07, 6.45) is 3.29. The van der Waals surface area contributed by atoms with Crippen molar-refractivity contribution in [1.82, 2.24) is 10.6 Å². The van der Waals surface area contributed by atoms with Crippen molar-refractivity contribution in [3.8, 4) is 0 Å². The predicted molar refractivity (Wildman–Crippen MR) is 80.3 cm³/mol. The summed E-state index contributed by atoms with van der Waals surface area (Å²) in [7, 11) is 0. The number of carboxylic acids is 1. The minimum atomic E-state index is -0.882. The fourth-order valence-corrected chi connectivity index (χ4v) is 3.01. The van der Waals surface area contributed by atoms with Crippen LogP contribution < -0.4 is 10.6 Å². The van der Waals surface area contributed by atoms with Gasteiger partial charge in [-0.2, -0.15) is 0 Å². The molecule has 1 aromatic rings. The highest BCUT2D eigenvalue weighted by Gasteiger charge is 2.37. The Labute approximate surface area is 128 Å². The predicted octanol–water partition coefficient (Wildman–Crippen LogP) is 2.93. The van der Waals surface area contributed by atoms with E-state index in [-0.39, 0.29) is 12.5 Å². The number of hydrogen-bond donors (Lipinski definition) is 3. The molecule has 0 spiro atoms. The molecular weight excluding hydrogens is 292 g/mol. The van der Waals surface area contributed by atoms with Crippen molar-refractivity contribution < 1.29 is 14.7 Å². The number of rotatable bonds is 5. The van der Waals surface area contributed by atoms with Crippen LogP contribution in [0.15, 0.2) is 24.3 Å². The molecule has 2 rings (SSSR count). The van der Waals surface area contributed by atoms with E-state index in [1.807, 2.05) is 12.1 Å². The van der Waals surface area contributed by atoms with E-state index < -0.39 is 11.5 Å². The van der Waals surface area contributed by atoms with E-state index in [1.165, 1.54) is 0 Å². The maximum atomic E-state index is 12.0.